The molecule has 1 aliphatic rings. The Hall–Kier alpha value is -10.8. The fourth-order valence-electron chi connectivity index (χ4n) is 15.6. The first kappa shape index (κ1) is 100. The summed E-state index contributed by atoms with van der Waals surface area (Å²) in [6, 6.07) is 17.8. The van der Waals surface area contributed by atoms with Gasteiger partial charge in [-0.3, -0.25) is 57.5 Å². The molecule has 694 valence electrons. The summed E-state index contributed by atoms with van der Waals surface area (Å²) in [7, 11) is 14.0. The van der Waals surface area contributed by atoms with Crippen LogP contribution < -0.4 is 4.74 Å². The molecule has 0 bridgehead atoms. The van der Waals surface area contributed by atoms with E-state index in [1.807, 2.05) is 54.0 Å². The number of hydrogen-bond acceptors (Lipinski definition) is 25. The lowest BCUT2D eigenvalue weighted by Gasteiger charge is -2.16. The number of aromatic nitrogens is 12. The lowest BCUT2D eigenvalue weighted by Crippen LogP contribution is -2.21. The van der Waals surface area contributed by atoms with Gasteiger partial charge in [0.25, 0.3) is 0 Å². The molecule has 1 aliphatic heterocycles. The molecular weight excluding hydrogens is 1670 g/mol. The molecule has 7 aromatic heterocycles. The first-order chi connectivity index (χ1) is 62.3. The number of aryl methyl sites for hydroxylation is 7. The van der Waals surface area contributed by atoms with Crippen molar-refractivity contribution in [2.45, 2.75) is 167 Å². The molecule has 0 saturated carbocycles. The van der Waals surface area contributed by atoms with Crippen LogP contribution in [-0.4, -0.2) is 245 Å². The van der Waals surface area contributed by atoms with Crippen LogP contribution in [0, 0.1) is 6.92 Å². The van der Waals surface area contributed by atoms with E-state index in [9.17, 15) is 47.9 Å². The second-order valence-electron chi connectivity index (χ2n) is 33.0. The van der Waals surface area contributed by atoms with Crippen molar-refractivity contribution in [1.82, 2.24) is 62.0 Å². The van der Waals surface area contributed by atoms with Gasteiger partial charge in [0.15, 0.2) is 40.6 Å². The van der Waals surface area contributed by atoms with Crippen molar-refractivity contribution in [2.75, 3.05) is 120 Å². The van der Waals surface area contributed by atoms with Crippen molar-refractivity contribution in [1.29, 1.82) is 0 Å². The number of hydrogen-bond donors (Lipinski definition) is 0. The number of nitrogens with zero attached hydrogens (tertiary/aromatic N) is 14. The Morgan fingerprint density at radius 3 is 1.33 bits per heavy atom. The van der Waals surface area contributed by atoms with E-state index in [0.717, 1.165) is 68.4 Å². The van der Waals surface area contributed by atoms with E-state index in [4.69, 9.17) is 54.5 Å². The first-order valence-corrected chi connectivity index (χ1v) is 45.1. The van der Waals surface area contributed by atoms with Crippen LogP contribution in [0.4, 0.5) is 0 Å². The third-order valence-electron chi connectivity index (χ3n) is 22.4. The summed E-state index contributed by atoms with van der Waals surface area (Å²) >= 11 is 6.24. The molecule has 0 aliphatic carbocycles. The number of ketones is 10. The lowest BCUT2D eigenvalue weighted by molar-refractivity contribution is -0.120. The molecule has 129 heavy (non-hydrogen) atoms. The average Bonchev–Trinajstić information content (AvgIpc) is 1.61. The van der Waals surface area contributed by atoms with Crippen LogP contribution in [0.3, 0.4) is 0 Å². The highest BCUT2D eigenvalue weighted by atomic mass is 35.5. The number of methoxy groups -OCH3 is 1. The SMILES string of the molecule is COc1ccc2c(c1)C(c1ccc(Cl)cc1)=N[C@@H](CC(=O)CCCOCCOCCOCCOCCOCCOCCCCCOCCC(=O)CCCCN(C)CCCCC(=O)c1cc(CC(=O)c3nc(CC(=O)CCCC(=O)c4cc(CC(=O)c5nc(CC(=O)CCCC(=O)c6cc(CC(=O)c7nccn7C)cn6C)cn5C)cn4C)cn3C)cn1C)c1nnc(C)n1-2. The minimum absolute atomic E-state index is 0.00573. The van der Waals surface area contributed by atoms with Crippen LogP contribution in [0.5, 0.6) is 5.75 Å². The fraction of sp³-hybridized carbons (Fsp3) is 0.521. The second kappa shape index (κ2) is 52.1. The Bertz CT molecular complexity index is 5270. The Morgan fingerprint density at radius 1 is 0.411 bits per heavy atom. The van der Waals surface area contributed by atoms with E-state index in [2.05, 4.69) is 37.1 Å². The summed E-state index contributed by atoms with van der Waals surface area (Å²) in [5.41, 5.74) is 7.49. The molecule has 0 unspecified atom stereocenters. The number of imidazole rings is 3. The number of ether oxygens (including phenoxy) is 8. The summed E-state index contributed by atoms with van der Waals surface area (Å²) < 4.78 is 57.2. The summed E-state index contributed by atoms with van der Waals surface area (Å²) in [6.45, 7) is 10.2. The summed E-state index contributed by atoms with van der Waals surface area (Å²) in [5, 5.41) is 9.46. The monoisotopic (exact) mass is 1800 g/mol. The maximum absolute atomic E-state index is 13.6. The Kier molecular flexibility index (Phi) is 40.6. The first-order valence-electron chi connectivity index (χ1n) is 44.7. The van der Waals surface area contributed by atoms with Gasteiger partial charge >= 0.3 is 0 Å². The van der Waals surface area contributed by atoms with Crippen molar-refractivity contribution >= 4 is 75.1 Å². The zero-order valence-corrected chi connectivity index (χ0v) is 76.9. The van der Waals surface area contributed by atoms with E-state index in [0.29, 0.717) is 217 Å². The van der Waals surface area contributed by atoms with Crippen LogP contribution in [0.2, 0.25) is 5.02 Å². The van der Waals surface area contributed by atoms with E-state index < -0.39 is 6.04 Å². The van der Waals surface area contributed by atoms with Gasteiger partial charge in [-0.15, -0.1) is 10.2 Å². The van der Waals surface area contributed by atoms with Crippen LogP contribution in [0.25, 0.3) is 5.69 Å². The lowest BCUT2D eigenvalue weighted by atomic mass is 9.99. The van der Waals surface area contributed by atoms with Crippen molar-refractivity contribution < 1.29 is 85.8 Å². The van der Waals surface area contributed by atoms with E-state index in [1.54, 1.807) is 138 Å². The van der Waals surface area contributed by atoms with Gasteiger partial charge in [0, 0.05) is 199 Å². The predicted octanol–water partition coefficient (Wildman–Crippen LogP) is 12.1. The largest absolute Gasteiger partial charge is 0.497 e. The molecule has 32 nitrogen and oxygen atoms in total. The molecule has 0 saturated heterocycles. The molecule has 10 rings (SSSR count). The second-order valence-corrected chi connectivity index (χ2v) is 33.4. The number of fused-ring (bicyclic) bond motifs is 3. The van der Waals surface area contributed by atoms with Crippen molar-refractivity contribution in [3.63, 3.8) is 0 Å². The van der Waals surface area contributed by atoms with Crippen molar-refractivity contribution in [3.05, 3.63) is 194 Å². The zero-order chi connectivity index (χ0) is 92.1. The van der Waals surface area contributed by atoms with Gasteiger partial charge in [-0.2, -0.15) is 0 Å². The molecule has 0 N–H and O–H groups in total. The number of unbranched alkanes of at least 4 members (excludes halogenated alkanes) is 4. The maximum Gasteiger partial charge on any atom is 0.202 e. The summed E-state index contributed by atoms with van der Waals surface area (Å²) in [5.74, 6) is 1.62. The molecule has 8 heterocycles. The number of aliphatic imine (C=N–C) groups is 1. The molecule has 0 amide bonds. The molecule has 1 atom stereocenters. The molecule has 2 aromatic carbocycles. The van der Waals surface area contributed by atoms with E-state index in [1.165, 1.54) is 0 Å². The Morgan fingerprint density at radius 2 is 0.853 bits per heavy atom. The van der Waals surface area contributed by atoms with Gasteiger partial charge < -0.3 is 70.2 Å². The minimum Gasteiger partial charge on any atom is -0.497 e. The quantitative estimate of drug-likeness (QED) is 0.0252. The average molecular weight is 1800 g/mol. The van der Waals surface area contributed by atoms with Crippen molar-refractivity contribution in [3.8, 4) is 11.4 Å². The molecule has 0 spiro atoms. The van der Waals surface area contributed by atoms with E-state index >= 15 is 0 Å². The molecule has 9 aromatic rings. The van der Waals surface area contributed by atoms with Crippen molar-refractivity contribution in [2.24, 2.45) is 47.3 Å². The Balaban J connectivity index is 0.472. The highest BCUT2D eigenvalue weighted by Gasteiger charge is 2.31. The molecular formula is C96H125ClN14O18. The molecule has 0 radical (unpaired) electrons. The van der Waals surface area contributed by atoms with Gasteiger partial charge in [-0.1, -0.05) is 23.7 Å². The number of halogens is 1. The van der Waals surface area contributed by atoms with Gasteiger partial charge in [-0.05, 0) is 156 Å². The van der Waals surface area contributed by atoms with Gasteiger partial charge in [-0.25, -0.2) is 15.0 Å². The number of Topliss-reactive ketones (excluding diaryl/α,β-unsaturated/α-hetero) is 10. The minimum atomic E-state index is -0.552. The third kappa shape index (κ3) is 31.8. The van der Waals surface area contributed by atoms with Crippen LogP contribution in [0.1, 0.15) is 242 Å². The third-order valence-corrected chi connectivity index (χ3v) is 22.6. The number of rotatable bonds is 66. The van der Waals surface area contributed by atoms with E-state index in [-0.39, 0.29) is 140 Å². The zero-order valence-electron chi connectivity index (χ0n) is 76.2. The highest BCUT2D eigenvalue weighted by molar-refractivity contribution is 6.30. The molecule has 0 fully saturated rings. The number of carbonyl (C=O) groups excluding carboxylic acids is 10. The maximum atomic E-state index is 13.6. The molecule has 33 heteroatoms. The highest BCUT2D eigenvalue weighted by Crippen LogP contribution is 2.35. The van der Waals surface area contributed by atoms with Crippen LogP contribution >= 0.6 is 11.6 Å². The number of benzene rings is 2. The fourth-order valence-corrected chi connectivity index (χ4v) is 15.7. The summed E-state index contributed by atoms with van der Waals surface area (Å²) in [4.78, 5) is 152. The summed E-state index contributed by atoms with van der Waals surface area (Å²) in [6.07, 6.45) is 21.4. The van der Waals surface area contributed by atoms with Crippen LogP contribution in [0.15, 0.2) is 109 Å². The van der Waals surface area contributed by atoms with Crippen LogP contribution in [-0.2, 0) is 127 Å². The smallest absolute Gasteiger partial charge is 0.202 e. The predicted molar refractivity (Wildman–Crippen MR) is 484 cm³/mol. The standard InChI is InChI=1S/C96H125ClN14O18/c1-67-102-103-93-81(101-92(71-27-29-72(97)30-28-71)80-61-79(122-9)31-32-82(80)111(67)93)60-78(115)23-19-40-125-43-45-127-47-49-129-51-50-128-48-46-126-44-42-124-39-16-10-15-38-123-41-33-75(112)20-11-13-35-104(2)36-14-12-24-86(116)83-53-69(63-106(83)4)56-90(120)95-99-73(65-109(95)7)58-77(114)22-18-26-88(118)85-54-70(64-108(85)6)57-91(121)96-100-74(66-110(96)8)59-76(113)21-17-25-87(117)84-52-68(62-107(84)5)55-89(119)94-98-34-37-105(94)3/h27-32,34,37,52-54,61-66,81H,10-26,33,35-36,38-51,55-60H2,1-9H3/t81-/m0/s1. The number of carbonyl (C=O) groups is 10. The van der Waals surface area contributed by atoms with Gasteiger partial charge in [0.2, 0.25) is 17.3 Å². The Labute approximate surface area is 759 Å². The van der Waals surface area contributed by atoms with Gasteiger partial charge in [0.05, 0.1) is 132 Å². The topological polar surface area (TPSA) is 359 Å². The van der Waals surface area contributed by atoms with Gasteiger partial charge in [0.1, 0.15) is 40.7 Å². The normalized spacial score (nSPS) is 12.5.